The van der Waals surface area contributed by atoms with Gasteiger partial charge in [-0.25, -0.2) is 0 Å². The van der Waals surface area contributed by atoms with Gasteiger partial charge < -0.3 is 56.9 Å². The van der Waals surface area contributed by atoms with Crippen molar-refractivity contribution in [1.82, 2.24) is 40.9 Å². The van der Waals surface area contributed by atoms with E-state index >= 15 is 0 Å². The van der Waals surface area contributed by atoms with Gasteiger partial charge in [-0.05, 0) is 119 Å². The summed E-state index contributed by atoms with van der Waals surface area (Å²) < 4.78 is 12.2. The summed E-state index contributed by atoms with van der Waals surface area (Å²) >= 11 is 0. The molecule has 0 aliphatic carbocycles. The SMILES string of the molecule is CC[C@H](C)[C@@H]([C@@H](CC(=O)N1CCC[C@H]1[C@H](OC)[C@@H](C)C(=O)N[C@@H](Cc1ccccc1)C(=O)Nc1ccc(NC(=O)[C@H](CCCCN)NC(=O)[C@H](Cc2ccccc2)NC(=O)CCCCCN2C(=O)C=CC2=O)cc1)OC)N(C)C(=O)[C@@H](NC(=O)C(C(C)C)N(C)C)C(C)C. The Hall–Kier alpha value is -7.86. The average molecular weight is 1300 g/mol. The molecule has 10 amide bonds. The van der Waals surface area contributed by atoms with Gasteiger partial charge in [0, 0.05) is 77.1 Å². The number of nitrogens with one attached hydrogen (secondary N) is 6. The lowest BCUT2D eigenvalue weighted by Crippen LogP contribution is -2.59. The molecule has 1 unspecified atom stereocenters. The van der Waals surface area contributed by atoms with Crippen LogP contribution in [0.3, 0.4) is 0 Å². The molecule has 3 aromatic carbocycles. The summed E-state index contributed by atoms with van der Waals surface area (Å²) in [6, 6.07) is 19.4. The topological polar surface area (TPSA) is 300 Å². The molecule has 3 aromatic rings. The predicted molar refractivity (Wildman–Crippen MR) is 362 cm³/mol. The second-order valence-corrected chi connectivity index (χ2v) is 25.9. The van der Waals surface area contributed by atoms with E-state index in [1.807, 2.05) is 121 Å². The maximum Gasteiger partial charge on any atom is 0.253 e. The molecule has 0 bridgehead atoms. The molecule has 8 N–H and O–H groups in total. The van der Waals surface area contributed by atoms with Crippen LogP contribution in [0, 0.1) is 23.7 Å². The largest absolute Gasteiger partial charge is 0.379 e. The fraction of sp³-hybridized carbons (Fsp3) is 0.577. The molecule has 94 heavy (non-hydrogen) atoms. The maximum atomic E-state index is 14.7. The molecule has 1 fully saturated rings. The van der Waals surface area contributed by atoms with Gasteiger partial charge in [-0.15, -0.1) is 0 Å². The van der Waals surface area contributed by atoms with Crippen molar-refractivity contribution in [3.05, 3.63) is 108 Å². The van der Waals surface area contributed by atoms with Crippen molar-refractivity contribution in [2.24, 2.45) is 29.4 Å². The third-order valence-electron chi connectivity index (χ3n) is 18.0. The van der Waals surface area contributed by atoms with Gasteiger partial charge in [0.15, 0.2) is 0 Å². The molecule has 2 aliphatic heterocycles. The summed E-state index contributed by atoms with van der Waals surface area (Å²) in [6.45, 7) is 14.5. The Labute approximate surface area is 556 Å². The van der Waals surface area contributed by atoms with Crippen LogP contribution in [0.25, 0.3) is 0 Å². The predicted octanol–water partition coefficient (Wildman–Crippen LogP) is 5.77. The minimum atomic E-state index is -1.07. The first-order valence-electron chi connectivity index (χ1n) is 33.4. The van der Waals surface area contributed by atoms with E-state index in [0.717, 1.165) is 16.0 Å². The molecule has 1 saturated heterocycles. The smallest absolute Gasteiger partial charge is 0.253 e. The van der Waals surface area contributed by atoms with E-state index in [-0.39, 0.29) is 91.8 Å². The number of hydrogen-bond acceptors (Lipinski definition) is 14. The lowest BCUT2D eigenvalue weighted by molar-refractivity contribution is -0.148. The standard InChI is InChI=1S/C71H105N11O12/c1-13-47(6)64(80(10)71(92)62(45(2)3)78-70(91)63(46(4)5)79(8)9)57(93-11)44-61(86)81-41-25-31-56(81)65(94-12)48(7)66(87)77-55(43-50-28-19-15-20-29-50)68(89)74-52-35-33-51(34-36-52)73-67(88)53(30-22-23-39-72)76-69(90)54(42-49-26-17-14-18-27-49)75-58(83)32-21-16-24-40-82-59(84)37-38-60(82)85/h14-15,17-20,26-29,33-38,45-48,53-57,62-65H,13,16,21-25,30-32,39-44,72H2,1-12H3,(H,73,88)(H,74,89)(H,75,83)(H,76,90)(H,77,87)(H,78,91)/t47-,48+,53-,54-,55-,56-,57+,62-,63?,64-,65+/m0/s1. The highest BCUT2D eigenvalue weighted by Crippen LogP contribution is 2.30. The number of likely N-dealkylation sites (N-methyl/N-ethyl adjacent to an activating group) is 2. The molecule has 516 valence electrons. The summed E-state index contributed by atoms with van der Waals surface area (Å²) in [4.78, 5) is 143. The average Bonchev–Trinajstić information content (AvgIpc) is 1.35. The second-order valence-electron chi connectivity index (χ2n) is 25.9. The number of benzene rings is 3. The molecule has 23 heteroatoms. The monoisotopic (exact) mass is 1300 g/mol. The molecule has 2 heterocycles. The van der Waals surface area contributed by atoms with Crippen LogP contribution in [-0.4, -0.2) is 188 Å². The van der Waals surface area contributed by atoms with Gasteiger partial charge in [-0.2, -0.15) is 0 Å². The van der Waals surface area contributed by atoms with Crippen molar-refractivity contribution in [1.29, 1.82) is 0 Å². The molecule has 23 nitrogen and oxygen atoms in total. The fourth-order valence-corrected chi connectivity index (χ4v) is 12.6. The number of carbonyl (C=O) groups is 10. The van der Waals surface area contributed by atoms with E-state index in [1.54, 1.807) is 48.0 Å². The number of likely N-dealkylation sites (tertiary alicyclic amines) is 1. The third kappa shape index (κ3) is 22.7. The van der Waals surface area contributed by atoms with Gasteiger partial charge in [-0.1, -0.05) is 122 Å². The van der Waals surface area contributed by atoms with E-state index in [2.05, 4.69) is 31.9 Å². The minimum Gasteiger partial charge on any atom is -0.379 e. The highest BCUT2D eigenvalue weighted by atomic mass is 16.5. The van der Waals surface area contributed by atoms with Crippen LogP contribution >= 0.6 is 0 Å². The van der Waals surface area contributed by atoms with Crippen LogP contribution in [0.4, 0.5) is 11.4 Å². The quantitative estimate of drug-likeness (QED) is 0.0264. The van der Waals surface area contributed by atoms with Gasteiger partial charge >= 0.3 is 0 Å². The zero-order valence-corrected chi connectivity index (χ0v) is 57.3. The van der Waals surface area contributed by atoms with Crippen molar-refractivity contribution < 1.29 is 57.4 Å². The number of imide groups is 1. The first kappa shape index (κ1) is 76.8. The number of anilines is 2. The highest BCUT2D eigenvalue weighted by molar-refractivity contribution is 6.12. The normalized spacial score (nSPS) is 17.1. The minimum absolute atomic E-state index is 0.00386. The van der Waals surface area contributed by atoms with Gasteiger partial charge in [0.25, 0.3) is 11.8 Å². The molecule has 0 saturated carbocycles. The number of nitrogens with two attached hydrogens (primary N) is 1. The van der Waals surface area contributed by atoms with Gasteiger partial charge in [0.2, 0.25) is 47.3 Å². The second kappa shape index (κ2) is 38.5. The zero-order chi connectivity index (χ0) is 69.2. The highest BCUT2D eigenvalue weighted by Gasteiger charge is 2.44. The van der Waals surface area contributed by atoms with Crippen molar-refractivity contribution in [3.8, 4) is 0 Å². The summed E-state index contributed by atoms with van der Waals surface area (Å²) in [6.07, 6.45) is 6.07. The Morgan fingerprint density at radius 1 is 0.628 bits per heavy atom. The molecule has 11 atom stereocenters. The molecular weight excluding hydrogens is 1200 g/mol. The summed E-state index contributed by atoms with van der Waals surface area (Å²) in [5.41, 5.74) is 8.14. The number of methoxy groups -OCH3 is 2. The number of amides is 10. The number of unbranched alkanes of at least 4 members (excludes halogenated alkanes) is 3. The van der Waals surface area contributed by atoms with Crippen LogP contribution in [0.15, 0.2) is 97.1 Å². The van der Waals surface area contributed by atoms with E-state index in [1.165, 1.54) is 26.4 Å². The molecule has 0 spiro atoms. The van der Waals surface area contributed by atoms with Crippen LogP contribution in [-0.2, 0) is 70.3 Å². The lowest BCUT2D eigenvalue weighted by atomic mass is 9.89. The third-order valence-corrected chi connectivity index (χ3v) is 18.0. The van der Waals surface area contributed by atoms with Crippen LogP contribution in [0.2, 0.25) is 0 Å². The number of hydrogen-bond donors (Lipinski definition) is 7. The van der Waals surface area contributed by atoms with E-state index < -0.39 is 84.0 Å². The maximum absolute atomic E-state index is 14.7. The molecular formula is C71H105N11O12. The van der Waals surface area contributed by atoms with Crippen LogP contribution in [0.1, 0.15) is 130 Å². The number of nitrogens with zero attached hydrogens (tertiary/aromatic N) is 4. The number of rotatable bonds is 39. The first-order chi connectivity index (χ1) is 44.8. The number of ether oxygens (including phenoxy) is 2. The Kier molecular flexibility index (Phi) is 31.5. The Bertz CT molecular complexity index is 2980. The number of carbonyl (C=O) groups excluding carboxylic acids is 10. The van der Waals surface area contributed by atoms with Crippen LogP contribution < -0.4 is 37.6 Å². The van der Waals surface area contributed by atoms with E-state index in [0.29, 0.717) is 75.8 Å². The molecule has 0 radical (unpaired) electrons. The van der Waals surface area contributed by atoms with Crippen molar-refractivity contribution in [2.45, 2.75) is 186 Å². The zero-order valence-electron chi connectivity index (χ0n) is 57.3. The van der Waals surface area contributed by atoms with Crippen molar-refractivity contribution >= 4 is 70.4 Å². The lowest BCUT2D eigenvalue weighted by Gasteiger charge is -2.41. The summed E-state index contributed by atoms with van der Waals surface area (Å²) in [5, 5.41) is 17.6. The molecule has 0 aromatic heterocycles. The summed E-state index contributed by atoms with van der Waals surface area (Å²) in [5.74, 6) is -5.07. The Balaban J connectivity index is 1.25. The van der Waals surface area contributed by atoms with E-state index in [4.69, 9.17) is 15.2 Å². The molecule has 2 aliphatic rings. The van der Waals surface area contributed by atoms with E-state index in [9.17, 15) is 47.9 Å². The van der Waals surface area contributed by atoms with Crippen molar-refractivity contribution in [3.63, 3.8) is 0 Å². The Morgan fingerprint density at radius 2 is 1.18 bits per heavy atom. The summed E-state index contributed by atoms with van der Waals surface area (Å²) in [7, 11) is 8.41. The first-order valence-corrected chi connectivity index (χ1v) is 33.4. The van der Waals surface area contributed by atoms with Gasteiger partial charge in [0.1, 0.15) is 24.2 Å². The van der Waals surface area contributed by atoms with Crippen molar-refractivity contribution in [2.75, 3.05) is 65.6 Å². The van der Waals surface area contributed by atoms with Gasteiger partial charge in [-0.3, -0.25) is 57.7 Å². The van der Waals surface area contributed by atoms with Gasteiger partial charge in [0.05, 0.1) is 42.7 Å². The molecule has 5 rings (SSSR count). The Morgan fingerprint density at radius 3 is 1.69 bits per heavy atom. The van der Waals surface area contributed by atoms with Crippen LogP contribution in [0.5, 0.6) is 0 Å². The fourth-order valence-electron chi connectivity index (χ4n) is 12.6.